The van der Waals surface area contributed by atoms with Gasteiger partial charge < -0.3 is 19.7 Å². The smallest absolute Gasteiger partial charge is 0.246 e. The summed E-state index contributed by atoms with van der Waals surface area (Å²) in [5.74, 6) is 1.63. The highest BCUT2D eigenvalue weighted by molar-refractivity contribution is 5.93. The minimum Gasteiger partial charge on any atom is -0.493 e. The zero-order valence-corrected chi connectivity index (χ0v) is 17.3. The first-order chi connectivity index (χ1) is 14.6. The standard InChI is InChI=1S/C23H27N3O4/c1-3-30-19-9-7-17(16-20(19)29-2)8-10-22(27)26-14-11-18(12-15-26)23(28)25-21-6-4-5-13-24-21/h4-10,13,16,18H,3,11-12,14-15H2,1-2H3,(H,24,25,28). The Kier molecular flexibility index (Phi) is 7.43. The van der Waals surface area contributed by atoms with Crippen LogP contribution < -0.4 is 14.8 Å². The van der Waals surface area contributed by atoms with Crippen LogP contribution in [0, 0.1) is 5.92 Å². The van der Waals surface area contributed by atoms with Crippen molar-refractivity contribution in [2.45, 2.75) is 19.8 Å². The maximum absolute atomic E-state index is 12.5. The van der Waals surface area contributed by atoms with Crippen molar-refractivity contribution in [3.63, 3.8) is 0 Å². The number of benzene rings is 1. The Morgan fingerprint density at radius 3 is 2.67 bits per heavy atom. The fourth-order valence-electron chi connectivity index (χ4n) is 3.36. The summed E-state index contributed by atoms with van der Waals surface area (Å²) in [5.41, 5.74) is 0.855. The maximum atomic E-state index is 12.5. The average molecular weight is 409 g/mol. The lowest BCUT2D eigenvalue weighted by Gasteiger charge is -2.30. The summed E-state index contributed by atoms with van der Waals surface area (Å²) in [6.45, 7) is 3.57. The second kappa shape index (κ2) is 10.4. The van der Waals surface area contributed by atoms with Crippen molar-refractivity contribution in [1.29, 1.82) is 0 Å². The molecule has 1 aliphatic rings. The molecule has 0 radical (unpaired) electrons. The van der Waals surface area contributed by atoms with E-state index in [0.29, 0.717) is 49.9 Å². The summed E-state index contributed by atoms with van der Waals surface area (Å²) >= 11 is 0. The van der Waals surface area contributed by atoms with E-state index in [1.165, 1.54) is 0 Å². The number of hydrogen-bond acceptors (Lipinski definition) is 5. The minimum absolute atomic E-state index is 0.0437. The highest BCUT2D eigenvalue weighted by Gasteiger charge is 2.26. The monoisotopic (exact) mass is 409 g/mol. The van der Waals surface area contributed by atoms with Crippen molar-refractivity contribution in [1.82, 2.24) is 9.88 Å². The lowest BCUT2D eigenvalue weighted by Crippen LogP contribution is -2.40. The third-order valence-corrected chi connectivity index (χ3v) is 5.00. The van der Waals surface area contributed by atoms with E-state index in [9.17, 15) is 9.59 Å². The molecule has 0 atom stereocenters. The van der Waals surface area contributed by atoms with Crippen LogP contribution in [0.25, 0.3) is 6.08 Å². The third kappa shape index (κ3) is 5.59. The number of pyridine rings is 1. The second-order valence-electron chi connectivity index (χ2n) is 6.98. The second-order valence-corrected chi connectivity index (χ2v) is 6.98. The molecule has 7 heteroatoms. The van der Waals surface area contributed by atoms with Crippen molar-refractivity contribution >= 4 is 23.7 Å². The maximum Gasteiger partial charge on any atom is 0.246 e. The topological polar surface area (TPSA) is 80.8 Å². The molecule has 1 aromatic carbocycles. The highest BCUT2D eigenvalue weighted by Crippen LogP contribution is 2.28. The number of amides is 2. The number of ether oxygens (including phenoxy) is 2. The molecule has 1 N–H and O–H groups in total. The first-order valence-corrected chi connectivity index (χ1v) is 10.1. The van der Waals surface area contributed by atoms with Crippen LogP contribution in [0.4, 0.5) is 5.82 Å². The Hall–Kier alpha value is -3.35. The molecule has 2 aromatic rings. The average Bonchev–Trinajstić information content (AvgIpc) is 2.79. The van der Waals surface area contributed by atoms with E-state index in [0.717, 1.165) is 5.56 Å². The fourth-order valence-corrected chi connectivity index (χ4v) is 3.36. The van der Waals surface area contributed by atoms with Crippen LogP contribution in [-0.4, -0.2) is 48.5 Å². The molecule has 0 spiro atoms. The number of piperidine rings is 1. The number of hydrogen-bond donors (Lipinski definition) is 1. The van der Waals surface area contributed by atoms with Crippen molar-refractivity contribution < 1.29 is 19.1 Å². The fraction of sp³-hybridized carbons (Fsp3) is 0.348. The van der Waals surface area contributed by atoms with Gasteiger partial charge in [-0.25, -0.2) is 4.98 Å². The predicted molar refractivity (Wildman–Crippen MR) is 115 cm³/mol. The summed E-state index contributed by atoms with van der Waals surface area (Å²) in [5, 5.41) is 2.84. The molecule has 0 saturated carbocycles. The molecule has 1 fully saturated rings. The molecule has 1 aliphatic heterocycles. The van der Waals surface area contributed by atoms with Crippen LogP contribution in [0.3, 0.4) is 0 Å². The number of likely N-dealkylation sites (tertiary alicyclic amines) is 1. The first-order valence-electron chi connectivity index (χ1n) is 10.1. The molecule has 2 heterocycles. The van der Waals surface area contributed by atoms with Gasteiger partial charge >= 0.3 is 0 Å². The normalized spacial score (nSPS) is 14.5. The Bertz CT molecular complexity index is 891. The van der Waals surface area contributed by atoms with Gasteiger partial charge in [0.05, 0.1) is 13.7 Å². The summed E-state index contributed by atoms with van der Waals surface area (Å²) in [7, 11) is 1.59. The molecular formula is C23H27N3O4. The van der Waals surface area contributed by atoms with E-state index in [1.807, 2.05) is 31.2 Å². The number of nitrogens with one attached hydrogen (secondary N) is 1. The van der Waals surface area contributed by atoms with Gasteiger partial charge in [0, 0.05) is 31.3 Å². The quantitative estimate of drug-likeness (QED) is 0.709. The van der Waals surface area contributed by atoms with Gasteiger partial charge in [-0.3, -0.25) is 9.59 Å². The molecule has 30 heavy (non-hydrogen) atoms. The summed E-state index contributed by atoms with van der Waals surface area (Å²) in [6.07, 6.45) is 6.23. The predicted octanol–water partition coefficient (Wildman–Crippen LogP) is 3.38. The van der Waals surface area contributed by atoms with Crippen LogP contribution in [-0.2, 0) is 9.59 Å². The molecule has 7 nitrogen and oxygen atoms in total. The first kappa shape index (κ1) is 21.4. The van der Waals surface area contributed by atoms with Crippen LogP contribution in [0.5, 0.6) is 11.5 Å². The summed E-state index contributed by atoms with van der Waals surface area (Å²) < 4.78 is 10.9. The van der Waals surface area contributed by atoms with Gasteiger partial charge in [-0.2, -0.15) is 0 Å². The SMILES string of the molecule is CCOc1ccc(C=CC(=O)N2CCC(C(=O)Nc3ccccn3)CC2)cc1OC. The van der Waals surface area contributed by atoms with Gasteiger partial charge in [-0.1, -0.05) is 12.1 Å². The summed E-state index contributed by atoms with van der Waals surface area (Å²) in [4.78, 5) is 30.8. The zero-order chi connectivity index (χ0) is 21.3. The van der Waals surface area contributed by atoms with E-state index in [4.69, 9.17) is 9.47 Å². The molecular weight excluding hydrogens is 382 g/mol. The van der Waals surface area contributed by atoms with Crippen LogP contribution in [0.2, 0.25) is 0 Å². The molecule has 1 aromatic heterocycles. The number of carbonyl (C=O) groups is 2. The Balaban J connectivity index is 1.52. The highest BCUT2D eigenvalue weighted by atomic mass is 16.5. The Labute approximate surface area is 176 Å². The minimum atomic E-state index is -0.115. The van der Waals surface area contributed by atoms with Crippen LogP contribution in [0.15, 0.2) is 48.7 Å². The molecule has 3 rings (SSSR count). The number of rotatable bonds is 7. The number of aromatic nitrogens is 1. The molecule has 0 aliphatic carbocycles. The number of methoxy groups -OCH3 is 1. The van der Waals surface area contributed by atoms with E-state index in [-0.39, 0.29) is 17.7 Å². The Morgan fingerprint density at radius 2 is 2.00 bits per heavy atom. The van der Waals surface area contributed by atoms with E-state index in [2.05, 4.69) is 10.3 Å². The van der Waals surface area contributed by atoms with Gasteiger partial charge in [0.2, 0.25) is 11.8 Å². The molecule has 0 unspecified atom stereocenters. The molecule has 2 amide bonds. The number of anilines is 1. The molecule has 158 valence electrons. The Morgan fingerprint density at radius 1 is 1.20 bits per heavy atom. The largest absolute Gasteiger partial charge is 0.493 e. The van der Waals surface area contributed by atoms with Crippen molar-refractivity contribution in [3.05, 3.63) is 54.2 Å². The van der Waals surface area contributed by atoms with Crippen LogP contribution in [0.1, 0.15) is 25.3 Å². The van der Waals surface area contributed by atoms with E-state index < -0.39 is 0 Å². The zero-order valence-electron chi connectivity index (χ0n) is 17.3. The van der Waals surface area contributed by atoms with Gasteiger partial charge in [-0.05, 0) is 55.7 Å². The van der Waals surface area contributed by atoms with Gasteiger partial charge in [0.15, 0.2) is 11.5 Å². The van der Waals surface area contributed by atoms with Crippen LogP contribution >= 0.6 is 0 Å². The van der Waals surface area contributed by atoms with E-state index >= 15 is 0 Å². The molecule has 0 bridgehead atoms. The van der Waals surface area contributed by atoms with Gasteiger partial charge in [0.1, 0.15) is 5.82 Å². The lowest BCUT2D eigenvalue weighted by atomic mass is 9.96. The molecule has 1 saturated heterocycles. The number of carbonyl (C=O) groups excluding carboxylic acids is 2. The van der Waals surface area contributed by atoms with Gasteiger partial charge in [0.25, 0.3) is 0 Å². The van der Waals surface area contributed by atoms with E-state index in [1.54, 1.807) is 42.5 Å². The van der Waals surface area contributed by atoms with Crippen molar-refractivity contribution in [3.8, 4) is 11.5 Å². The summed E-state index contributed by atoms with van der Waals surface area (Å²) in [6, 6.07) is 10.9. The van der Waals surface area contributed by atoms with Gasteiger partial charge in [-0.15, -0.1) is 0 Å². The van der Waals surface area contributed by atoms with Crippen molar-refractivity contribution in [2.75, 3.05) is 32.1 Å². The lowest BCUT2D eigenvalue weighted by molar-refractivity contribution is -0.130. The van der Waals surface area contributed by atoms with Crippen molar-refractivity contribution in [2.24, 2.45) is 5.92 Å². The number of nitrogens with zero attached hydrogens (tertiary/aromatic N) is 2. The third-order valence-electron chi connectivity index (χ3n) is 5.00.